The standard InChI is InChI=1S/C11H14N6O/c1-12-6-9-4-2-3-5-10(9)14-11(18)7-17-8-13-15-16-17/h2-5,8,12H,6-7H2,1H3,(H,14,18). The van der Waals surface area contributed by atoms with E-state index < -0.39 is 0 Å². The van der Waals surface area contributed by atoms with Crippen LogP contribution in [-0.2, 0) is 17.9 Å². The third-order valence-electron chi connectivity index (χ3n) is 2.36. The lowest BCUT2D eigenvalue weighted by molar-refractivity contribution is -0.116. The molecule has 0 fully saturated rings. The van der Waals surface area contributed by atoms with E-state index in [2.05, 4.69) is 26.2 Å². The van der Waals surface area contributed by atoms with E-state index in [0.717, 1.165) is 11.3 Å². The minimum atomic E-state index is -0.161. The Bertz CT molecular complexity index is 510. The molecule has 0 radical (unpaired) electrons. The molecule has 18 heavy (non-hydrogen) atoms. The zero-order valence-corrected chi connectivity index (χ0v) is 10.00. The van der Waals surface area contributed by atoms with Crippen molar-refractivity contribution < 1.29 is 4.79 Å². The average molecular weight is 246 g/mol. The molecule has 0 aliphatic carbocycles. The molecule has 1 amide bonds. The minimum Gasteiger partial charge on any atom is -0.324 e. The van der Waals surface area contributed by atoms with Crippen LogP contribution in [0.15, 0.2) is 30.6 Å². The minimum absolute atomic E-state index is 0.0981. The highest BCUT2D eigenvalue weighted by Gasteiger charge is 2.07. The first-order valence-electron chi connectivity index (χ1n) is 5.52. The molecule has 0 aliphatic heterocycles. The molecule has 0 bridgehead atoms. The van der Waals surface area contributed by atoms with Crippen LogP contribution in [0.1, 0.15) is 5.56 Å². The molecular formula is C11H14N6O. The number of benzene rings is 1. The third-order valence-corrected chi connectivity index (χ3v) is 2.36. The van der Waals surface area contributed by atoms with Gasteiger partial charge in [-0.2, -0.15) is 0 Å². The maximum Gasteiger partial charge on any atom is 0.246 e. The first kappa shape index (κ1) is 12.2. The van der Waals surface area contributed by atoms with Crippen molar-refractivity contribution in [1.29, 1.82) is 0 Å². The summed E-state index contributed by atoms with van der Waals surface area (Å²) >= 11 is 0. The summed E-state index contributed by atoms with van der Waals surface area (Å²) < 4.78 is 1.37. The second kappa shape index (κ2) is 5.87. The van der Waals surface area contributed by atoms with Crippen molar-refractivity contribution in [3.05, 3.63) is 36.2 Å². The lowest BCUT2D eigenvalue weighted by atomic mass is 10.2. The molecule has 7 nitrogen and oxygen atoms in total. The predicted molar refractivity (Wildman–Crippen MR) is 65.7 cm³/mol. The van der Waals surface area contributed by atoms with Crippen LogP contribution >= 0.6 is 0 Å². The van der Waals surface area contributed by atoms with Crippen LogP contribution in [0.3, 0.4) is 0 Å². The summed E-state index contributed by atoms with van der Waals surface area (Å²) in [6.07, 6.45) is 1.40. The van der Waals surface area contributed by atoms with Gasteiger partial charge in [0.2, 0.25) is 5.91 Å². The largest absolute Gasteiger partial charge is 0.324 e. The number of carbonyl (C=O) groups excluding carboxylic acids is 1. The van der Waals surface area contributed by atoms with Gasteiger partial charge in [0.1, 0.15) is 12.9 Å². The van der Waals surface area contributed by atoms with E-state index >= 15 is 0 Å². The molecule has 0 saturated carbocycles. The Morgan fingerprint density at radius 3 is 2.94 bits per heavy atom. The molecule has 2 rings (SSSR count). The average Bonchev–Trinajstić information content (AvgIpc) is 2.84. The Hall–Kier alpha value is -2.28. The van der Waals surface area contributed by atoms with Gasteiger partial charge in [0, 0.05) is 12.2 Å². The maximum absolute atomic E-state index is 11.8. The van der Waals surface area contributed by atoms with E-state index in [1.54, 1.807) is 0 Å². The summed E-state index contributed by atoms with van der Waals surface area (Å²) in [7, 11) is 1.86. The molecule has 0 saturated heterocycles. The highest BCUT2D eigenvalue weighted by Crippen LogP contribution is 2.14. The van der Waals surface area contributed by atoms with Gasteiger partial charge in [0.15, 0.2) is 0 Å². The Balaban J connectivity index is 2.02. The summed E-state index contributed by atoms with van der Waals surface area (Å²) in [5.74, 6) is -0.161. The number of rotatable bonds is 5. The first-order valence-corrected chi connectivity index (χ1v) is 5.52. The van der Waals surface area contributed by atoms with Gasteiger partial charge in [-0.05, 0) is 29.1 Å². The van der Waals surface area contributed by atoms with Gasteiger partial charge in [0.05, 0.1) is 0 Å². The highest BCUT2D eigenvalue weighted by atomic mass is 16.2. The van der Waals surface area contributed by atoms with E-state index in [1.165, 1.54) is 11.0 Å². The van der Waals surface area contributed by atoms with Gasteiger partial charge in [-0.15, -0.1) is 5.10 Å². The van der Waals surface area contributed by atoms with Crippen molar-refractivity contribution >= 4 is 11.6 Å². The van der Waals surface area contributed by atoms with Crippen molar-refractivity contribution in [2.75, 3.05) is 12.4 Å². The second-order valence-corrected chi connectivity index (χ2v) is 3.74. The molecular weight excluding hydrogens is 232 g/mol. The smallest absolute Gasteiger partial charge is 0.246 e. The van der Waals surface area contributed by atoms with Crippen LogP contribution < -0.4 is 10.6 Å². The Kier molecular flexibility index (Phi) is 3.98. The van der Waals surface area contributed by atoms with Gasteiger partial charge < -0.3 is 10.6 Å². The lowest BCUT2D eigenvalue weighted by Crippen LogP contribution is -2.20. The lowest BCUT2D eigenvalue weighted by Gasteiger charge is -2.10. The second-order valence-electron chi connectivity index (χ2n) is 3.74. The topological polar surface area (TPSA) is 84.7 Å². The van der Waals surface area contributed by atoms with Crippen molar-refractivity contribution in [3.63, 3.8) is 0 Å². The molecule has 1 aromatic heterocycles. The number of hydrogen-bond donors (Lipinski definition) is 2. The van der Waals surface area contributed by atoms with Crippen LogP contribution in [0.25, 0.3) is 0 Å². The Labute approximate surface area is 104 Å². The number of tetrazole rings is 1. The fraction of sp³-hybridized carbons (Fsp3) is 0.273. The molecule has 0 unspecified atom stereocenters. The Morgan fingerprint density at radius 1 is 1.39 bits per heavy atom. The summed E-state index contributed by atoms with van der Waals surface area (Å²) in [5, 5.41) is 16.5. The van der Waals surface area contributed by atoms with E-state index in [1.807, 2.05) is 31.3 Å². The van der Waals surface area contributed by atoms with E-state index in [4.69, 9.17) is 0 Å². The van der Waals surface area contributed by atoms with Gasteiger partial charge in [-0.25, -0.2) is 4.68 Å². The zero-order valence-electron chi connectivity index (χ0n) is 10.00. The monoisotopic (exact) mass is 246 g/mol. The number of nitrogens with zero attached hydrogens (tertiary/aromatic N) is 4. The number of aromatic nitrogens is 4. The van der Waals surface area contributed by atoms with Gasteiger partial charge in [0.25, 0.3) is 0 Å². The molecule has 94 valence electrons. The van der Waals surface area contributed by atoms with Gasteiger partial charge >= 0.3 is 0 Å². The van der Waals surface area contributed by atoms with E-state index in [9.17, 15) is 4.79 Å². The van der Waals surface area contributed by atoms with Crippen LogP contribution in [-0.4, -0.2) is 33.2 Å². The third kappa shape index (κ3) is 3.11. The van der Waals surface area contributed by atoms with Crippen molar-refractivity contribution in [2.24, 2.45) is 0 Å². The normalized spacial score (nSPS) is 10.3. The fourth-order valence-electron chi connectivity index (χ4n) is 1.58. The summed E-state index contributed by atoms with van der Waals surface area (Å²) in [6.45, 7) is 0.794. The number of para-hydroxylation sites is 1. The molecule has 0 aliphatic rings. The first-order chi connectivity index (χ1) is 8.79. The van der Waals surface area contributed by atoms with E-state index in [0.29, 0.717) is 6.54 Å². The molecule has 7 heteroatoms. The quantitative estimate of drug-likeness (QED) is 0.777. The number of anilines is 1. The summed E-state index contributed by atoms with van der Waals surface area (Å²) in [5.41, 5.74) is 1.83. The molecule has 0 spiro atoms. The maximum atomic E-state index is 11.8. The number of nitrogens with one attached hydrogen (secondary N) is 2. The molecule has 0 atom stereocenters. The molecule has 1 aromatic carbocycles. The van der Waals surface area contributed by atoms with Gasteiger partial charge in [-0.3, -0.25) is 4.79 Å². The molecule has 1 heterocycles. The van der Waals surface area contributed by atoms with Gasteiger partial charge in [-0.1, -0.05) is 18.2 Å². The van der Waals surface area contributed by atoms with Crippen LogP contribution in [0.4, 0.5) is 5.69 Å². The molecule has 2 N–H and O–H groups in total. The Morgan fingerprint density at radius 2 is 2.22 bits per heavy atom. The molecule has 2 aromatic rings. The van der Waals surface area contributed by atoms with Crippen molar-refractivity contribution in [3.8, 4) is 0 Å². The highest BCUT2D eigenvalue weighted by molar-refractivity contribution is 5.91. The zero-order chi connectivity index (χ0) is 12.8. The van der Waals surface area contributed by atoms with Crippen LogP contribution in [0.5, 0.6) is 0 Å². The van der Waals surface area contributed by atoms with Crippen molar-refractivity contribution in [2.45, 2.75) is 13.1 Å². The number of carbonyl (C=O) groups is 1. The fourth-order valence-corrected chi connectivity index (χ4v) is 1.58. The van der Waals surface area contributed by atoms with Crippen LogP contribution in [0, 0.1) is 0 Å². The van der Waals surface area contributed by atoms with E-state index in [-0.39, 0.29) is 12.5 Å². The SMILES string of the molecule is CNCc1ccccc1NC(=O)Cn1cnnn1. The predicted octanol–water partition coefficient (Wildman–Crippen LogP) is 0.0312. The summed E-state index contributed by atoms with van der Waals surface area (Å²) in [4.78, 5) is 11.8. The van der Waals surface area contributed by atoms with Crippen molar-refractivity contribution in [1.82, 2.24) is 25.5 Å². The number of hydrogen-bond acceptors (Lipinski definition) is 5. The van der Waals surface area contributed by atoms with Crippen LogP contribution in [0.2, 0.25) is 0 Å². The summed E-state index contributed by atoms with van der Waals surface area (Å²) in [6, 6.07) is 7.64. The number of amides is 1.